The Kier molecular flexibility index (Phi) is 4.20. The molecule has 1 amide bonds. The highest BCUT2D eigenvalue weighted by Crippen LogP contribution is 2.23. The van der Waals surface area contributed by atoms with Gasteiger partial charge in [-0.3, -0.25) is 4.79 Å². The van der Waals surface area contributed by atoms with Crippen LogP contribution < -0.4 is 10.1 Å². The molecule has 2 aromatic heterocycles. The van der Waals surface area contributed by atoms with Gasteiger partial charge in [-0.15, -0.1) is 0 Å². The van der Waals surface area contributed by atoms with Gasteiger partial charge in [0.05, 0.1) is 24.3 Å². The molecular weight excluding hydrogens is 304 g/mol. The van der Waals surface area contributed by atoms with Gasteiger partial charge in [0, 0.05) is 23.5 Å². The molecule has 1 N–H and O–H groups in total. The van der Waals surface area contributed by atoms with Gasteiger partial charge in [0.2, 0.25) is 0 Å². The number of nitrogens with zero attached hydrogens (tertiary/aromatic N) is 3. The number of rotatable bonds is 4. The monoisotopic (exact) mass is 324 g/mol. The third-order valence-corrected chi connectivity index (χ3v) is 3.76. The van der Waals surface area contributed by atoms with Gasteiger partial charge >= 0.3 is 0 Å². The molecule has 3 rings (SSSR count). The summed E-state index contributed by atoms with van der Waals surface area (Å²) in [4.78, 5) is 17.3. The molecule has 0 aliphatic rings. The smallest absolute Gasteiger partial charge is 0.256 e. The second kappa shape index (κ2) is 6.31. The first kappa shape index (κ1) is 16.0. The summed E-state index contributed by atoms with van der Waals surface area (Å²) in [6.45, 7) is 5.94. The third kappa shape index (κ3) is 2.95. The van der Waals surface area contributed by atoms with E-state index < -0.39 is 0 Å². The van der Waals surface area contributed by atoms with Crippen molar-refractivity contribution in [3.63, 3.8) is 0 Å². The first-order valence-corrected chi connectivity index (χ1v) is 7.80. The normalized spacial score (nSPS) is 11.0. The number of fused-ring (bicyclic) bond motifs is 1. The van der Waals surface area contributed by atoms with Crippen LogP contribution in [0.2, 0.25) is 0 Å². The number of carbonyl (C=O) groups excluding carboxylic acids is 1. The van der Waals surface area contributed by atoms with Gasteiger partial charge in [-0.25, -0.2) is 9.67 Å². The lowest BCUT2D eigenvalue weighted by molar-refractivity contribution is 0.102. The van der Waals surface area contributed by atoms with Crippen LogP contribution in [0, 0.1) is 6.92 Å². The van der Waals surface area contributed by atoms with Gasteiger partial charge in [0.1, 0.15) is 5.75 Å². The number of nitrogens with one attached hydrogen (secondary N) is 1. The summed E-state index contributed by atoms with van der Waals surface area (Å²) >= 11 is 0. The Bertz CT molecular complexity index is 899. The van der Waals surface area contributed by atoms with Crippen LogP contribution in [0.5, 0.6) is 5.75 Å². The maximum absolute atomic E-state index is 12.7. The first-order valence-electron chi connectivity index (χ1n) is 7.80. The SMILES string of the molecule is COc1cccc(NC(=O)c2cc(C)nc3c2cnn3C(C)C)c1. The van der Waals surface area contributed by atoms with E-state index in [1.54, 1.807) is 25.4 Å². The van der Waals surface area contributed by atoms with E-state index in [0.29, 0.717) is 17.0 Å². The van der Waals surface area contributed by atoms with Gasteiger partial charge in [-0.2, -0.15) is 5.10 Å². The number of hydrogen-bond donors (Lipinski definition) is 1. The van der Waals surface area contributed by atoms with Crippen LogP contribution in [0.25, 0.3) is 11.0 Å². The lowest BCUT2D eigenvalue weighted by Crippen LogP contribution is -2.13. The number of pyridine rings is 1. The standard InChI is InChI=1S/C18H20N4O2/c1-11(2)22-17-16(10-19-22)15(8-12(3)20-17)18(23)21-13-6-5-7-14(9-13)24-4/h5-11H,1-4H3,(H,21,23). The fourth-order valence-electron chi connectivity index (χ4n) is 2.61. The van der Waals surface area contributed by atoms with E-state index in [1.165, 1.54) is 0 Å². The quantitative estimate of drug-likeness (QED) is 0.796. The molecule has 124 valence electrons. The number of ether oxygens (including phenoxy) is 1. The second-order valence-corrected chi connectivity index (χ2v) is 5.92. The molecule has 3 aromatic rings. The maximum Gasteiger partial charge on any atom is 0.256 e. The van der Waals surface area contributed by atoms with Crippen LogP contribution in [-0.4, -0.2) is 27.8 Å². The van der Waals surface area contributed by atoms with Crippen molar-refractivity contribution < 1.29 is 9.53 Å². The summed E-state index contributed by atoms with van der Waals surface area (Å²) in [5.74, 6) is 0.499. The first-order chi connectivity index (χ1) is 11.5. The maximum atomic E-state index is 12.7. The van der Waals surface area contributed by atoms with Gasteiger partial charge < -0.3 is 10.1 Å². The Morgan fingerprint density at radius 3 is 2.79 bits per heavy atom. The Balaban J connectivity index is 2.00. The molecule has 6 nitrogen and oxygen atoms in total. The number of benzene rings is 1. The fraction of sp³-hybridized carbons (Fsp3) is 0.278. The average molecular weight is 324 g/mol. The topological polar surface area (TPSA) is 69.0 Å². The van der Waals surface area contributed by atoms with Crippen molar-refractivity contribution in [2.24, 2.45) is 0 Å². The zero-order chi connectivity index (χ0) is 17.3. The van der Waals surface area contributed by atoms with Gasteiger partial charge in [0.15, 0.2) is 5.65 Å². The molecule has 0 aliphatic carbocycles. The molecule has 0 aliphatic heterocycles. The highest BCUT2D eigenvalue weighted by Gasteiger charge is 2.17. The van der Waals surface area contributed by atoms with E-state index in [4.69, 9.17) is 4.74 Å². The number of methoxy groups -OCH3 is 1. The molecule has 0 radical (unpaired) electrons. The molecule has 0 atom stereocenters. The molecule has 2 heterocycles. The summed E-state index contributed by atoms with van der Waals surface area (Å²) in [7, 11) is 1.59. The minimum absolute atomic E-state index is 0.172. The predicted molar refractivity (Wildman–Crippen MR) is 93.6 cm³/mol. The summed E-state index contributed by atoms with van der Waals surface area (Å²) in [6, 6.07) is 9.22. The number of aromatic nitrogens is 3. The number of amides is 1. The minimum atomic E-state index is -0.193. The van der Waals surface area contributed by atoms with Crippen LogP contribution >= 0.6 is 0 Å². The Hall–Kier alpha value is -2.89. The Morgan fingerprint density at radius 2 is 2.08 bits per heavy atom. The molecule has 0 bridgehead atoms. The van der Waals surface area contributed by atoms with E-state index in [9.17, 15) is 4.79 Å². The van der Waals surface area contributed by atoms with Crippen molar-refractivity contribution in [2.75, 3.05) is 12.4 Å². The second-order valence-electron chi connectivity index (χ2n) is 5.92. The number of aryl methyl sites for hydroxylation is 1. The molecule has 0 fully saturated rings. The molecule has 24 heavy (non-hydrogen) atoms. The highest BCUT2D eigenvalue weighted by atomic mass is 16.5. The van der Waals surface area contributed by atoms with E-state index >= 15 is 0 Å². The molecule has 1 aromatic carbocycles. The fourth-order valence-corrected chi connectivity index (χ4v) is 2.61. The van der Waals surface area contributed by atoms with E-state index in [2.05, 4.69) is 15.4 Å². The van der Waals surface area contributed by atoms with Crippen LogP contribution in [-0.2, 0) is 0 Å². The lowest BCUT2D eigenvalue weighted by atomic mass is 10.1. The third-order valence-electron chi connectivity index (χ3n) is 3.76. The molecule has 0 spiro atoms. The van der Waals surface area contributed by atoms with Gasteiger partial charge in [-0.1, -0.05) is 6.07 Å². The van der Waals surface area contributed by atoms with Crippen LogP contribution in [0.15, 0.2) is 36.5 Å². The van der Waals surface area contributed by atoms with Crippen molar-refractivity contribution in [1.29, 1.82) is 0 Å². The van der Waals surface area contributed by atoms with E-state index in [0.717, 1.165) is 16.7 Å². The zero-order valence-corrected chi connectivity index (χ0v) is 14.2. The molecule has 0 unspecified atom stereocenters. The van der Waals surface area contributed by atoms with Crippen molar-refractivity contribution in [2.45, 2.75) is 26.8 Å². The average Bonchev–Trinajstić information content (AvgIpc) is 2.98. The summed E-state index contributed by atoms with van der Waals surface area (Å²) in [6.07, 6.45) is 1.70. The summed E-state index contributed by atoms with van der Waals surface area (Å²) in [5.41, 5.74) is 2.74. The van der Waals surface area contributed by atoms with E-state index in [1.807, 2.05) is 43.7 Å². The van der Waals surface area contributed by atoms with Crippen molar-refractivity contribution in [3.05, 3.63) is 47.8 Å². The van der Waals surface area contributed by atoms with Gasteiger partial charge in [0.25, 0.3) is 5.91 Å². The number of carbonyl (C=O) groups is 1. The molecular formula is C18H20N4O2. The highest BCUT2D eigenvalue weighted by molar-refractivity contribution is 6.12. The Labute approximate surface area is 140 Å². The largest absolute Gasteiger partial charge is 0.497 e. The van der Waals surface area contributed by atoms with Crippen molar-refractivity contribution >= 4 is 22.6 Å². The number of anilines is 1. The predicted octanol–water partition coefficient (Wildman–Crippen LogP) is 3.58. The van der Waals surface area contributed by atoms with Crippen LogP contribution in [0.4, 0.5) is 5.69 Å². The summed E-state index contributed by atoms with van der Waals surface area (Å²) in [5, 5.41) is 8.02. The Morgan fingerprint density at radius 1 is 1.29 bits per heavy atom. The van der Waals surface area contributed by atoms with Crippen LogP contribution in [0.3, 0.4) is 0 Å². The zero-order valence-electron chi connectivity index (χ0n) is 14.2. The molecule has 0 saturated heterocycles. The lowest BCUT2D eigenvalue weighted by Gasteiger charge is -2.10. The van der Waals surface area contributed by atoms with Crippen LogP contribution in [0.1, 0.15) is 35.9 Å². The molecule has 6 heteroatoms. The number of hydrogen-bond acceptors (Lipinski definition) is 4. The molecule has 0 saturated carbocycles. The van der Waals surface area contributed by atoms with Crippen molar-refractivity contribution in [3.8, 4) is 5.75 Å². The van der Waals surface area contributed by atoms with Crippen molar-refractivity contribution in [1.82, 2.24) is 14.8 Å². The minimum Gasteiger partial charge on any atom is -0.497 e. The van der Waals surface area contributed by atoms with E-state index in [-0.39, 0.29) is 11.9 Å². The summed E-state index contributed by atoms with van der Waals surface area (Å²) < 4.78 is 7.01. The van der Waals surface area contributed by atoms with Gasteiger partial charge in [-0.05, 0) is 39.0 Å².